The molecule has 2 aromatic rings. The van der Waals surface area contributed by atoms with Crippen molar-refractivity contribution in [2.75, 3.05) is 42.2 Å². The van der Waals surface area contributed by atoms with Gasteiger partial charge < -0.3 is 9.80 Å². The number of sulfone groups is 1. The van der Waals surface area contributed by atoms with E-state index in [0.717, 1.165) is 37.7 Å². The first-order valence-electron chi connectivity index (χ1n) is 7.66. The number of piperazine rings is 1. The molecule has 1 fully saturated rings. The minimum Gasteiger partial charge on any atom is -0.368 e. The molecular formula is C17H21N3O2S. The van der Waals surface area contributed by atoms with Gasteiger partial charge in [-0.15, -0.1) is 0 Å². The van der Waals surface area contributed by atoms with Crippen LogP contribution in [0.4, 0.5) is 11.5 Å². The molecule has 6 heteroatoms. The Kier molecular flexibility index (Phi) is 4.26. The molecule has 0 aliphatic carbocycles. The van der Waals surface area contributed by atoms with Gasteiger partial charge in [0, 0.05) is 44.3 Å². The fourth-order valence-corrected chi connectivity index (χ4v) is 3.42. The summed E-state index contributed by atoms with van der Waals surface area (Å²) in [7, 11) is -3.13. The van der Waals surface area contributed by atoms with Gasteiger partial charge in [-0.1, -0.05) is 0 Å². The molecule has 0 amide bonds. The van der Waals surface area contributed by atoms with Crippen LogP contribution in [0.2, 0.25) is 0 Å². The van der Waals surface area contributed by atoms with Gasteiger partial charge in [-0.2, -0.15) is 0 Å². The summed E-state index contributed by atoms with van der Waals surface area (Å²) < 4.78 is 23.0. The molecule has 1 aromatic carbocycles. The maximum Gasteiger partial charge on any atom is 0.175 e. The van der Waals surface area contributed by atoms with E-state index in [1.165, 1.54) is 11.8 Å². The monoisotopic (exact) mass is 331 g/mol. The lowest BCUT2D eigenvalue weighted by molar-refractivity contribution is 0.602. The second-order valence-corrected chi connectivity index (χ2v) is 7.95. The number of nitrogens with zero attached hydrogens (tertiary/aromatic N) is 3. The van der Waals surface area contributed by atoms with Crippen molar-refractivity contribution in [1.82, 2.24) is 4.98 Å². The first-order valence-corrected chi connectivity index (χ1v) is 9.55. The summed E-state index contributed by atoms with van der Waals surface area (Å²) in [6.07, 6.45) is 3.08. The van der Waals surface area contributed by atoms with Crippen molar-refractivity contribution in [3.63, 3.8) is 0 Å². The fraction of sp³-hybridized carbons (Fsp3) is 0.353. The number of hydrogen-bond acceptors (Lipinski definition) is 5. The SMILES string of the molecule is Cc1ccnc(N2CCN(c3ccc(S(C)(=O)=O)cc3)CC2)c1. The summed E-state index contributed by atoms with van der Waals surface area (Å²) in [4.78, 5) is 9.37. The molecule has 3 rings (SSSR count). The van der Waals surface area contributed by atoms with Crippen LogP contribution in [-0.2, 0) is 9.84 Å². The summed E-state index contributed by atoms with van der Waals surface area (Å²) in [5.41, 5.74) is 2.28. The normalized spacial score (nSPS) is 15.7. The molecule has 0 N–H and O–H groups in total. The second kappa shape index (κ2) is 6.20. The summed E-state index contributed by atoms with van der Waals surface area (Å²) >= 11 is 0. The van der Waals surface area contributed by atoms with Crippen LogP contribution in [0.15, 0.2) is 47.5 Å². The van der Waals surface area contributed by atoms with E-state index in [4.69, 9.17) is 0 Å². The fourth-order valence-electron chi connectivity index (χ4n) is 2.79. The average molecular weight is 331 g/mol. The van der Waals surface area contributed by atoms with Gasteiger partial charge >= 0.3 is 0 Å². The van der Waals surface area contributed by atoms with E-state index >= 15 is 0 Å². The standard InChI is InChI=1S/C17H21N3O2S/c1-14-7-8-18-17(13-14)20-11-9-19(10-12-20)15-3-5-16(6-4-15)23(2,21)22/h3-8,13H,9-12H2,1-2H3. The van der Waals surface area contributed by atoms with Crippen LogP contribution in [0.1, 0.15) is 5.56 Å². The van der Waals surface area contributed by atoms with Gasteiger partial charge in [0.25, 0.3) is 0 Å². The maximum absolute atomic E-state index is 11.5. The van der Waals surface area contributed by atoms with Gasteiger partial charge in [-0.05, 0) is 48.9 Å². The summed E-state index contributed by atoms with van der Waals surface area (Å²) in [6.45, 7) is 5.68. The third-order valence-corrected chi connectivity index (χ3v) is 5.26. The van der Waals surface area contributed by atoms with E-state index in [0.29, 0.717) is 4.90 Å². The summed E-state index contributed by atoms with van der Waals surface area (Å²) in [5.74, 6) is 1.03. The highest BCUT2D eigenvalue weighted by Crippen LogP contribution is 2.21. The highest BCUT2D eigenvalue weighted by atomic mass is 32.2. The van der Waals surface area contributed by atoms with Crippen molar-refractivity contribution in [2.45, 2.75) is 11.8 Å². The Hall–Kier alpha value is -2.08. The minimum atomic E-state index is -3.13. The molecule has 0 unspecified atom stereocenters. The third-order valence-electron chi connectivity index (χ3n) is 4.13. The molecule has 2 heterocycles. The van der Waals surface area contributed by atoms with Crippen molar-refractivity contribution in [3.05, 3.63) is 48.2 Å². The molecule has 1 aliphatic rings. The minimum absolute atomic E-state index is 0.365. The van der Waals surface area contributed by atoms with Gasteiger partial charge in [-0.3, -0.25) is 0 Å². The number of hydrogen-bond donors (Lipinski definition) is 0. The molecule has 23 heavy (non-hydrogen) atoms. The second-order valence-electron chi connectivity index (χ2n) is 5.93. The topological polar surface area (TPSA) is 53.5 Å². The largest absolute Gasteiger partial charge is 0.368 e. The Morgan fingerprint density at radius 1 is 0.957 bits per heavy atom. The molecule has 0 radical (unpaired) electrons. The van der Waals surface area contributed by atoms with E-state index in [2.05, 4.69) is 27.8 Å². The highest BCUT2D eigenvalue weighted by molar-refractivity contribution is 7.90. The van der Waals surface area contributed by atoms with E-state index in [9.17, 15) is 8.42 Å². The summed E-state index contributed by atoms with van der Waals surface area (Å²) in [6, 6.07) is 11.2. The van der Waals surface area contributed by atoms with Crippen molar-refractivity contribution >= 4 is 21.3 Å². The van der Waals surface area contributed by atoms with Gasteiger partial charge in [0.1, 0.15) is 5.82 Å². The summed E-state index contributed by atoms with van der Waals surface area (Å²) in [5, 5.41) is 0. The molecule has 1 saturated heterocycles. The number of aromatic nitrogens is 1. The van der Waals surface area contributed by atoms with Crippen LogP contribution >= 0.6 is 0 Å². The Morgan fingerprint density at radius 3 is 2.13 bits per heavy atom. The molecule has 1 aromatic heterocycles. The lowest BCUT2D eigenvalue weighted by Crippen LogP contribution is -2.46. The van der Waals surface area contributed by atoms with E-state index < -0.39 is 9.84 Å². The van der Waals surface area contributed by atoms with E-state index in [1.807, 2.05) is 24.4 Å². The predicted molar refractivity (Wildman–Crippen MR) is 93.0 cm³/mol. The number of benzene rings is 1. The van der Waals surface area contributed by atoms with Crippen LogP contribution in [0.25, 0.3) is 0 Å². The molecule has 5 nitrogen and oxygen atoms in total. The van der Waals surface area contributed by atoms with Crippen molar-refractivity contribution < 1.29 is 8.42 Å². The van der Waals surface area contributed by atoms with Gasteiger partial charge in [0.15, 0.2) is 9.84 Å². The molecule has 1 aliphatic heterocycles. The first kappa shape index (κ1) is 15.8. The zero-order valence-corrected chi connectivity index (χ0v) is 14.3. The lowest BCUT2D eigenvalue weighted by Gasteiger charge is -2.36. The molecule has 0 atom stereocenters. The number of pyridine rings is 1. The lowest BCUT2D eigenvalue weighted by atomic mass is 10.2. The molecule has 0 saturated carbocycles. The Labute approximate surface area is 137 Å². The van der Waals surface area contributed by atoms with Gasteiger partial charge in [0.2, 0.25) is 0 Å². The van der Waals surface area contributed by atoms with Crippen molar-refractivity contribution in [2.24, 2.45) is 0 Å². The van der Waals surface area contributed by atoms with Crippen molar-refractivity contribution in [3.8, 4) is 0 Å². The zero-order valence-electron chi connectivity index (χ0n) is 13.4. The third kappa shape index (κ3) is 3.64. The van der Waals surface area contributed by atoms with Crippen LogP contribution < -0.4 is 9.80 Å². The van der Waals surface area contributed by atoms with Crippen molar-refractivity contribution in [1.29, 1.82) is 0 Å². The number of rotatable bonds is 3. The highest BCUT2D eigenvalue weighted by Gasteiger charge is 2.18. The zero-order chi connectivity index (χ0) is 16.4. The maximum atomic E-state index is 11.5. The quantitative estimate of drug-likeness (QED) is 0.862. The Balaban J connectivity index is 1.67. The van der Waals surface area contributed by atoms with E-state index in [-0.39, 0.29) is 0 Å². The van der Waals surface area contributed by atoms with E-state index in [1.54, 1.807) is 12.1 Å². The number of anilines is 2. The van der Waals surface area contributed by atoms with Gasteiger partial charge in [0.05, 0.1) is 4.90 Å². The van der Waals surface area contributed by atoms with Crippen LogP contribution in [-0.4, -0.2) is 45.8 Å². The van der Waals surface area contributed by atoms with Crippen LogP contribution in [0.5, 0.6) is 0 Å². The van der Waals surface area contributed by atoms with Gasteiger partial charge in [-0.25, -0.2) is 13.4 Å². The Bertz CT molecular complexity index is 780. The smallest absolute Gasteiger partial charge is 0.175 e. The molecule has 0 bridgehead atoms. The first-order chi connectivity index (χ1) is 10.9. The Morgan fingerprint density at radius 2 is 1.57 bits per heavy atom. The van der Waals surface area contributed by atoms with Crippen LogP contribution in [0.3, 0.4) is 0 Å². The molecule has 0 spiro atoms. The average Bonchev–Trinajstić information content (AvgIpc) is 2.54. The predicted octanol–water partition coefficient (Wildman–Crippen LogP) is 2.12. The molecule has 122 valence electrons. The molecular weight excluding hydrogens is 310 g/mol. The number of aryl methyl sites for hydroxylation is 1. The van der Waals surface area contributed by atoms with Crippen LogP contribution in [0, 0.1) is 6.92 Å².